The van der Waals surface area contributed by atoms with E-state index in [4.69, 9.17) is 9.47 Å². The van der Waals surface area contributed by atoms with Crippen molar-refractivity contribution in [3.05, 3.63) is 77.9 Å². The lowest BCUT2D eigenvalue weighted by molar-refractivity contribution is 0.158. The van der Waals surface area contributed by atoms with Gasteiger partial charge in [0, 0.05) is 48.5 Å². The average Bonchev–Trinajstić information content (AvgIpc) is 2.99. The molecule has 6 heteroatoms. The Labute approximate surface area is 248 Å². The largest absolute Gasteiger partial charge is 0.493 e. The minimum absolute atomic E-state index is 0.525. The third kappa shape index (κ3) is 10.3. The topological polar surface area (TPSA) is 37.0 Å². The van der Waals surface area contributed by atoms with E-state index in [0.717, 1.165) is 43.4 Å². The second kappa shape index (κ2) is 18.5. The van der Waals surface area contributed by atoms with E-state index in [9.17, 15) is 0 Å². The molecule has 0 radical (unpaired) electrons. The maximum absolute atomic E-state index is 5.51. The summed E-state index contributed by atoms with van der Waals surface area (Å²) in [5, 5.41) is 0. The highest BCUT2D eigenvalue weighted by molar-refractivity contribution is 8.00. The molecule has 1 N–H and O–H groups in total. The molecule has 0 spiro atoms. The van der Waals surface area contributed by atoms with Gasteiger partial charge in [0.2, 0.25) is 0 Å². The molecule has 0 unspecified atom stereocenters. The van der Waals surface area contributed by atoms with E-state index < -0.39 is 0 Å². The zero-order valence-corrected chi connectivity index (χ0v) is 26.8. The molecule has 1 fully saturated rings. The Morgan fingerprint density at radius 3 is 2.10 bits per heavy atom. The number of nitrogens with one attached hydrogen (secondary N) is 1. The predicted octanol–water partition coefficient (Wildman–Crippen LogP) is 9.06. The summed E-state index contributed by atoms with van der Waals surface area (Å²) in [5.41, 5.74) is 4.96. The number of nitrogens with zero attached hydrogens (tertiary/aromatic N) is 2. The van der Waals surface area contributed by atoms with E-state index in [0.29, 0.717) is 6.04 Å². The fourth-order valence-electron chi connectivity index (χ4n) is 4.62. The molecule has 4 rings (SSSR count). The third-order valence-electron chi connectivity index (χ3n) is 6.60. The van der Waals surface area contributed by atoms with Crippen LogP contribution in [-0.2, 0) is 6.54 Å². The van der Waals surface area contributed by atoms with Gasteiger partial charge in [-0.2, -0.15) is 0 Å². The van der Waals surface area contributed by atoms with E-state index >= 15 is 0 Å². The van der Waals surface area contributed by atoms with E-state index in [1.54, 1.807) is 26.2 Å². The lowest BCUT2D eigenvalue weighted by Gasteiger charge is -2.42. The molecule has 1 aliphatic rings. The molecule has 0 aromatic heterocycles. The van der Waals surface area contributed by atoms with Gasteiger partial charge >= 0.3 is 0 Å². The number of piperazine rings is 1. The van der Waals surface area contributed by atoms with Crippen molar-refractivity contribution in [1.29, 1.82) is 0 Å². The minimum atomic E-state index is 0.525. The van der Waals surface area contributed by atoms with Crippen molar-refractivity contribution in [2.45, 2.75) is 78.3 Å². The van der Waals surface area contributed by atoms with Crippen LogP contribution >= 0.6 is 11.9 Å². The SMILES string of the molecule is CC.CCC.CCC[C@H]1CN(c2ccc(NSc3ccc(C)cc3)cc2)CCN1Cc1ccc(OC)c(OC)c1. The maximum Gasteiger partial charge on any atom is 0.161 e. The van der Waals surface area contributed by atoms with Gasteiger partial charge in [-0.25, -0.2) is 0 Å². The van der Waals surface area contributed by atoms with Gasteiger partial charge in [0.1, 0.15) is 0 Å². The molecule has 0 saturated carbocycles. The molecule has 0 aliphatic carbocycles. The molecule has 220 valence electrons. The highest BCUT2D eigenvalue weighted by Gasteiger charge is 2.27. The molecule has 0 amide bonds. The number of hydrogen-bond donors (Lipinski definition) is 1. The summed E-state index contributed by atoms with van der Waals surface area (Å²) >= 11 is 1.65. The Kier molecular flexibility index (Phi) is 15.4. The second-order valence-electron chi connectivity index (χ2n) is 9.82. The Morgan fingerprint density at radius 2 is 1.50 bits per heavy atom. The monoisotopic (exact) mass is 565 g/mol. The number of anilines is 2. The van der Waals surface area contributed by atoms with Gasteiger partial charge < -0.3 is 19.1 Å². The Morgan fingerprint density at radius 1 is 0.850 bits per heavy atom. The van der Waals surface area contributed by atoms with Gasteiger partial charge in [-0.1, -0.05) is 71.2 Å². The fraction of sp³-hybridized carbons (Fsp3) is 0.471. The van der Waals surface area contributed by atoms with E-state index in [1.807, 2.05) is 19.9 Å². The molecule has 5 nitrogen and oxygen atoms in total. The molecule has 0 bridgehead atoms. The third-order valence-corrected chi connectivity index (χ3v) is 7.45. The molecular formula is C34H51N3O2S. The number of rotatable bonds is 10. The van der Waals surface area contributed by atoms with Crippen molar-refractivity contribution in [3.8, 4) is 11.5 Å². The highest BCUT2D eigenvalue weighted by atomic mass is 32.2. The van der Waals surface area contributed by atoms with Crippen LogP contribution in [0.25, 0.3) is 0 Å². The van der Waals surface area contributed by atoms with Crippen molar-refractivity contribution in [2.75, 3.05) is 43.5 Å². The number of ether oxygens (including phenoxy) is 2. The van der Waals surface area contributed by atoms with E-state index in [2.05, 4.69) is 103 Å². The summed E-state index contributed by atoms with van der Waals surface area (Å²) in [5.74, 6) is 1.58. The molecule has 3 aromatic carbocycles. The number of aryl methyl sites for hydroxylation is 1. The van der Waals surface area contributed by atoms with Crippen LogP contribution in [0.15, 0.2) is 71.6 Å². The zero-order chi connectivity index (χ0) is 29.3. The molecule has 3 aromatic rings. The van der Waals surface area contributed by atoms with Gasteiger partial charge in [-0.05, 0) is 79.4 Å². The van der Waals surface area contributed by atoms with Crippen LogP contribution in [0.5, 0.6) is 11.5 Å². The first-order chi connectivity index (χ1) is 19.5. The summed E-state index contributed by atoms with van der Waals surface area (Å²) in [6, 6.07) is 24.2. The second-order valence-corrected chi connectivity index (χ2v) is 10.7. The van der Waals surface area contributed by atoms with Crippen molar-refractivity contribution in [3.63, 3.8) is 0 Å². The standard InChI is InChI=1S/C29H37N3O2S.C3H8.C2H6/c1-5-6-26-21-32(18-17-31(26)20-23-9-16-28(33-3)29(19-23)34-4)25-12-10-24(11-13-25)30-35-27-14-7-22(2)8-15-27;1-3-2;1-2/h7-16,19,26,30H,5-6,17-18,20-21H2,1-4H3;3H2,1-2H3;1-2H3/t26-;;/m0../s1. The van der Waals surface area contributed by atoms with Crippen molar-refractivity contribution in [1.82, 2.24) is 4.90 Å². The maximum atomic E-state index is 5.51. The first kappa shape index (κ1) is 33.4. The lowest BCUT2D eigenvalue weighted by atomic mass is 10.0. The van der Waals surface area contributed by atoms with Crippen LogP contribution in [0.1, 0.15) is 65.0 Å². The Bertz CT molecular complexity index is 1090. The van der Waals surface area contributed by atoms with Gasteiger partial charge in [0.25, 0.3) is 0 Å². The fourth-order valence-corrected chi connectivity index (χ4v) is 5.26. The van der Waals surface area contributed by atoms with Crippen molar-refractivity contribution in [2.24, 2.45) is 0 Å². The van der Waals surface area contributed by atoms with Crippen molar-refractivity contribution >= 4 is 23.3 Å². The number of methoxy groups -OCH3 is 2. The van der Waals surface area contributed by atoms with Crippen LogP contribution in [0.4, 0.5) is 11.4 Å². The Hall–Kier alpha value is -2.83. The molecule has 1 atom stereocenters. The number of hydrogen-bond acceptors (Lipinski definition) is 6. The molecule has 40 heavy (non-hydrogen) atoms. The summed E-state index contributed by atoms with van der Waals surface area (Å²) in [6.45, 7) is 16.7. The van der Waals surface area contributed by atoms with Crippen LogP contribution in [0, 0.1) is 6.92 Å². The predicted molar refractivity (Wildman–Crippen MR) is 175 cm³/mol. The first-order valence-corrected chi connectivity index (χ1v) is 15.6. The average molecular weight is 566 g/mol. The first-order valence-electron chi connectivity index (χ1n) is 14.8. The summed E-state index contributed by atoms with van der Waals surface area (Å²) in [7, 11) is 3.38. The summed E-state index contributed by atoms with van der Waals surface area (Å²) in [6.07, 6.45) is 3.62. The lowest BCUT2D eigenvalue weighted by Crippen LogP contribution is -2.52. The van der Waals surface area contributed by atoms with Crippen LogP contribution < -0.4 is 19.1 Å². The quantitative estimate of drug-likeness (QED) is 0.247. The van der Waals surface area contributed by atoms with Gasteiger partial charge in [-0.15, -0.1) is 0 Å². The zero-order valence-electron chi connectivity index (χ0n) is 26.0. The minimum Gasteiger partial charge on any atom is -0.493 e. The van der Waals surface area contributed by atoms with E-state index in [1.165, 1.54) is 41.0 Å². The van der Waals surface area contributed by atoms with E-state index in [-0.39, 0.29) is 0 Å². The van der Waals surface area contributed by atoms with Gasteiger partial charge in [-0.3, -0.25) is 4.90 Å². The van der Waals surface area contributed by atoms with Crippen LogP contribution in [0.2, 0.25) is 0 Å². The van der Waals surface area contributed by atoms with Crippen LogP contribution in [-0.4, -0.2) is 44.8 Å². The van der Waals surface area contributed by atoms with Crippen molar-refractivity contribution < 1.29 is 9.47 Å². The summed E-state index contributed by atoms with van der Waals surface area (Å²) in [4.78, 5) is 6.37. The van der Waals surface area contributed by atoms with Gasteiger partial charge in [0.15, 0.2) is 11.5 Å². The highest BCUT2D eigenvalue weighted by Crippen LogP contribution is 2.30. The van der Waals surface area contributed by atoms with Crippen LogP contribution in [0.3, 0.4) is 0 Å². The normalized spacial score (nSPS) is 14.8. The Balaban J connectivity index is 0.00000105. The molecule has 1 saturated heterocycles. The summed E-state index contributed by atoms with van der Waals surface area (Å²) < 4.78 is 14.4. The smallest absolute Gasteiger partial charge is 0.161 e. The number of benzene rings is 3. The molecular weight excluding hydrogens is 514 g/mol. The molecule has 1 heterocycles. The molecule has 1 aliphatic heterocycles. The van der Waals surface area contributed by atoms with Gasteiger partial charge in [0.05, 0.1) is 14.2 Å².